The number of benzene rings is 1. The van der Waals surface area contributed by atoms with Gasteiger partial charge in [0.15, 0.2) is 9.84 Å². The Bertz CT molecular complexity index is 539. The summed E-state index contributed by atoms with van der Waals surface area (Å²) in [4.78, 5) is 0. The van der Waals surface area contributed by atoms with Crippen LogP contribution in [0.5, 0.6) is 0 Å². The van der Waals surface area contributed by atoms with Crippen molar-refractivity contribution < 1.29 is 17.9 Å². The topological polar surface area (TPSA) is 54.4 Å². The van der Waals surface area contributed by atoms with E-state index in [1.165, 1.54) is 18.2 Å². The highest BCUT2D eigenvalue weighted by atomic mass is 35.5. The minimum Gasteiger partial charge on any atom is -0.391 e. The highest BCUT2D eigenvalue weighted by molar-refractivity contribution is 7.92. The number of hydrogen-bond acceptors (Lipinski definition) is 3. The third-order valence-electron chi connectivity index (χ3n) is 3.53. The van der Waals surface area contributed by atoms with Crippen LogP contribution < -0.4 is 0 Å². The van der Waals surface area contributed by atoms with E-state index in [9.17, 15) is 17.9 Å². The molecule has 1 fully saturated rings. The number of halogens is 2. The van der Waals surface area contributed by atoms with Crippen LogP contribution >= 0.6 is 11.6 Å². The molecule has 0 spiro atoms. The van der Waals surface area contributed by atoms with Crippen molar-refractivity contribution in [2.75, 3.05) is 5.75 Å². The Labute approximate surface area is 117 Å². The van der Waals surface area contributed by atoms with E-state index < -0.39 is 27.0 Å². The molecule has 1 aromatic rings. The molecule has 19 heavy (non-hydrogen) atoms. The predicted molar refractivity (Wildman–Crippen MR) is 72.5 cm³/mol. The van der Waals surface area contributed by atoms with Crippen LogP contribution in [-0.4, -0.2) is 30.6 Å². The van der Waals surface area contributed by atoms with Crippen LogP contribution in [0.1, 0.15) is 24.8 Å². The molecule has 1 N–H and O–H groups in total. The lowest BCUT2D eigenvalue weighted by atomic mass is 10.0. The summed E-state index contributed by atoms with van der Waals surface area (Å²) < 4.78 is 37.4. The third kappa shape index (κ3) is 3.27. The molecule has 6 heteroatoms. The van der Waals surface area contributed by atoms with Crippen LogP contribution in [0.2, 0.25) is 5.02 Å². The fourth-order valence-electron chi connectivity index (χ4n) is 2.48. The number of rotatable bonds is 3. The molecular weight excluding hydrogens is 291 g/mol. The first-order chi connectivity index (χ1) is 8.92. The van der Waals surface area contributed by atoms with Crippen LogP contribution in [0.25, 0.3) is 0 Å². The van der Waals surface area contributed by atoms with Crippen molar-refractivity contribution in [2.45, 2.75) is 37.0 Å². The van der Waals surface area contributed by atoms with Crippen LogP contribution in [0.4, 0.5) is 4.39 Å². The lowest BCUT2D eigenvalue weighted by Crippen LogP contribution is -2.39. The van der Waals surface area contributed by atoms with Gasteiger partial charge in [0.25, 0.3) is 0 Å². The molecule has 1 saturated heterocycles. The van der Waals surface area contributed by atoms with E-state index in [1.807, 2.05) is 0 Å². The second kappa shape index (κ2) is 5.77. The number of sulfone groups is 1. The number of aliphatic hydroxyl groups excluding tert-OH is 1. The molecule has 0 bridgehead atoms. The van der Waals surface area contributed by atoms with E-state index >= 15 is 0 Å². The van der Waals surface area contributed by atoms with Gasteiger partial charge in [-0.2, -0.15) is 0 Å². The highest BCUT2D eigenvalue weighted by Crippen LogP contribution is 2.27. The standard InChI is InChI=1S/C13H16ClFO3S/c14-10-4-3-5-11(15)9(10)8-12(16)13-6-1-2-7-19(13,17)18/h3-5,12-13,16H,1-2,6-8H2. The Kier molecular flexibility index (Phi) is 4.48. The maximum Gasteiger partial charge on any atom is 0.155 e. The molecule has 3 nitrogen and oxygen atoms in total. The molecule has 2 rings (SSSR count). The molecule has 1 aromatic carbocycles. The van der Waals surface area contributed by atoms with Crippen LogP contribution in [-0.2, 0) is 16.3 Å². The number of hydrogen-bond donors (Lipinski definition) is 1. The van der Waals surface area contributed by atoms with Gasteiger partial charge in [-0.05, 0) is 25.0 Å². The summed E-state index contributed by atoms with van der Waals surface area (Å²) in [6.07, 6.45) is 0.642. The van der Waals surface area contributed by atoms with Crippen LogP contribution in [0, 0.1) is 5.82 Å². The van der Waals surface area contributed by atoms with E-state index in [-0.39, 0.29) is 22.8 Å². The van der Waals surface area contributed by atoms with Crippen molar-refractivity contribution in [1.29, 1.82) is 0 Å². The zero-order chi connectivity index (χ0) is 14.0. The summed E-state index contributed by atoms with van der Waals surface area (Å²) in [6, 6.07) is 4.26. The van der Waals surface area contributed by atoms with Gasteiger partial charge in [0.1, 0.15) is 5.82 Å². The van der Waals surface area contributed by atoms with Gasteiger partial charge in [-0.1, -0.05) is 24.1 Å². The average Bonchev–Trinajstić information content (AvgIpc) is 2.33. The van der Waals surface area contributed by atoms with Gasteiger partial charge in [-0.3, -0.25) is 0 Å². The molecule has 1 aliphatic rings. The largest absolute Gasteiger partial charge is 0.391 e. The Morgan fingerprint density at radius 1 is 1.42 bits per heavy atom. The maximum atomic E-state index is 13.6. The van der Waals surface area contributed by atoms with Crippen molar-refractivity contribution in [1.82, 2.24) is 0 Å². The summed E-state index contributed by atoms with van der Waals surface area (Å²) in [5.41, 5.74) is 0.178. The molecule has 0 amide bonds. The Morgan fingerprint density at radius 2 is 2.16 bits per heavy atom. The quantitative estimate of drug-likeness (QED) is 0.932. The lowest BCUT2D eigenvalue weighted by Gasteiger charge is -2.27. The van der Waals surface area contributed by atoms with Crippen molar-refractivity contribution in [3.8, 4) is 0 Å². The number of aliphatic hydroxyl groups is 1. The summed E-state index contributed by atoms with van der Waals surface area (Å²) >= 11 is 5.88. The second-order valence-corrected chi connectivity index (χ2v) is 7.62. The predicted octanol–water partition coefficient (Wildman–Crippen LogP) is 2.35. The molecule has 1 heterocycles. The molecule has 1 aliphatic heterocycles. The first-order valence-corrected chi connectivity index (χ1v) is 8.33. The van der Waals surface area contributed by atoms with Crippen LogP contribution in [0.15, 0.2) is 18.2 Å². The minimum absolute atomic E-state index is 0.0740. The van der Waals surface area contributed by atoms with Crippen molar-refractivity contribution in [2.24, 2.45) is 0 Å². The second-order valence-electron chi connectivity index (χ2n) is 4.87. The third-order valence-corrected chi connectivity index (χ3v) is 6.22. The molecule has 0 saturated carbocycles. The first-order valence-electron chi connectivity index (χ1n) is 6.24. The van der Waals surface area contributed by atoms with Gasteiger partial charge in [0.05, 0.1) is 17.1 Å². The molecule has 106 valence electrons. The lowest BCUT2D eigenvalue weighted by molar-refractivity contribution is 0.161. The monoisotopic (exact) mass is 306 g/mol. The van der Waals surface area contributed by atoms with Gasteiger partial charge >= 0.3 is 0 Å². The van der Waals surface area contributed by atoms with E-state index in [0.29, 0.717) is 12.8 Å². The van der Waals surface area contributed by atoms with E-state index in [1.54, 1.807) is 0 Å². The molecular formula is C13H16ClFO3S. The molecule has 2 unspecified atom stereocenters. The van der Waals surface area contributed by atoms with Crippen molar-refractivity contribution in [3.05, 3.63) is 34.6 Å². The van der Waals surface area contributed by atoms with Crippen LogP contribution in [0.3, 0.4) is 0 Å². The van der Waals surface area contributed by atoms with E-state index in [2.05, 4.69) is 0 Å². The zero-order valence-corrected chi connectivity index (χ0v) is 11.9. The van der Waals surface area contributed by atoms with E-state index in [4.69, 9.17) is 11.6 Å². The van der Waals surface area contributed by atoms with Gasteiger partial charge in [0.2, 0.25) is 0 Å². The van der Waals surface area contributed by atoms with Gasteiger partial charge in [0, 0.05) is 17.0 Å². The summed E-state index contributed by atoms with van der Waals surface area (Å²) in [7, 11) is -3.28. The molecule has 0 aromatic heterocycles. The highest BCUT2D eigenvalue weighted by Gasteiger charge is 2.35. The van der Waals surface area contributed by atoms with E-state index in [0.717, 1.165) is 6.42 Å². The first kappa shape index (κ1) is 14.8. The fraction of sp³-hybridized carbons (Fsp3) is 0.538. The Balaban J connectivity index is 2.19. The smallest absolute Gasteiger partial charge is 0.155 e. The molecule has 2 atom stereocenters. The van der Waals surface area contributed by atoms with Gasteiger partial charge in [-0.25, -0.2) is 12.8 Å². The SMILES string of the molecule is O=S1(=O)CCCCC1C(O)Cc1c(F)cccc1Cl. The summed E-state index contributed by atoms with van der Waals surface area (Å²) in [5, 5.41) is 9.51. The van der Waals surface area contributed by atoms with Gasteiger partial charge in [-0.15, -0.1) is 0 Å². The normalized spacial score (nSPS) is 24.1. The maximum absolute atomic E-state index is 13.6. The van der Waals surface area contributed by atoms with Crippen molar-refractivity contribution in [3.63, 3.8) is 0 Å². The fourth-order valence-corrected chi connectivity index (χ4v) is 4.73. The summed E-state index contributed by atoms with van der Waals surface area (Å²) in [5.74, 6) is -0.417. The van der Waals surface area contributed by atoms with Crippen molar-refractivity contribution >= 4 is 21.4 Å². The zero-order valence-electron chi connectivity index (χ0n) is 10.4. The molecule has 0 aliphatic carbocycles. The Hall–Kier alpha value is -0.650. The minimum atomic E-state index is -3.28. The molecule has 0 radical (unpaired) electrons. The van der Waals surface area contributed by atoms with Gasteiger partial charge < -0.3 is 5.11 Å². The average molecular weight is 307 g/mol. The Morgan fingerprint density at radius 3 is 2.79 bits per heavy atom. The summed E-state index contributed by atoms with van der Waals surface area (Å²) in [6.45, 7) is 0.